The van der Waals surface area contributed by atoms with Gasteiger partial charge in [0.1, 0.15) is 6.10 Å². The summed E-state index contributed by atoms with van der Waals surface area (Å²) >= 11 is 0. The number of hydrogen-bond acceptors (Lipinski definition) is 4. The zero-order valence-electron chi connectivity index (χ0n) is 15.3. The van der Waals surface area contributed by atoms with E-state index in [1.54, 1.807) is 11.9 Å². The Balaban J connectivity index is 1.85. The molecule has 1 aliphatic heterocycles. The van der Waals surface area contributed by atoms with Gasteiger partial charge in [0, 0.05) is 20.1 Å². The van der Waals surface area contributed by atoms with Crippen molar-refractivity contribution in [2.75, 3.05) is 26.7 Å². The molecule has 0 aromatic heterocycles. The minimum atomic E-state index is -0.863. The number of nitrogens with zero attached hydrogens (tertiary/aromatic N) is 2. The summed E-state index contributed by atoms with van der Waals surface area (Å²) in [5.74, 6) is -1.74. The van der Waals surface area contributed by atoms with Crippen LogP contribution in [0.25, 0.3) is 0 Å². The lowest BCUT2D eigenvalue weighted by molar-refractivity contribution is -0.152. The van der Waals surface area contributed by atoms with Crippen LogP contribution < -0.4 is 0 Å². The number of likely N-dealkylation sites (tertiary alicyclic amines) is 1. The summed E-state index contributed by atoms with van der Waals surface area (Å²) in [6.07, 6.45) is 5.79. The van der Waals surface area contributed by atoms with Crippen LogP contribution in [-0.2, 0) is 19.1 Å². The topological polar surface area (TPSA) is 87.2 Å². The van der Waals surface area contributed by atoms with Crippen molar-refractivity contribution < 1.29 is 24.2 Å². The summed E-state index contributed by atoms with van der Waals surface area (Å²) in [5.41, 5.74) is 0. The summed E-state index contributed by atoms with van der Waals surface area (Å²) < 4.78 is 5.93. The number of carbonyl (C=O) groups is 3. The van der Waals surface area contributed by atoms with Gasteiger partial charge in [-0.1, -0.05) is 19.8 Å². The molecule has 2 unspecified atom stereocenters. The van der Waals surface area contributed by atoms with Crippen molar-refractivity contribution in [1.29, 1.82) is 0 Å². The molecule has 0 aromatic carbocycles. The maximum atomic E-state index is 12.6. The van der Waals surface area contributed by atoms with Gasteiger partial charge >= 0.3 is 5.97 Å². The van der Waals surface area contributed by atoms with Crippen LogP contribution in [-0.4, -0.2) is 71.6 Å². The zero-order valence-corrected chi connectivity index (χ0v) is 15.3. The number of hydrogen-bond donors (Lipinski definition) is 1. The molecule has 7 nitrogen and oxygen atoms in total. The van der Waals surface area contributed by atoms with Crippen LogP contribution in [0.4, 0.5) is 0 Å². The number of piperidine rings is 1. The molecular formula is C18H30N2O5. The maximum Gasteiger partial charge on any atom is 0.308 e. The Labute approximate surface area is 149 Å². The monoisotopic (exact) mass is 354 g/mol. The van der Waals surface area contributed by atoms with Crippen molar-refractivity contribution in [1.82, 2.24) is 9.80 Å². The highest BCUT2D eigenvalue weighted by Gasteiger charge is 2.31. The van der Waals surface area contributed by atoms with Crippen LogP contribution in [0.15, 0.2) is 0 Å². The lowest BCUT2D eigenvalue weighted by Crippen LogP contribution is -2.48. The van der Waals surface area contributed by atoms with Gasteiger partial charge in [0.15, 0.2) is 0 Å². The molecule has 2 aliphatic rings. The summed E-state index contributed by atoms with van der Waals surface area (Å²) in [6.45, 7) is 2.66. The van der Waals surface area contributed by atoms with Crippen molar-refractivity contribution in [2.24, 2.45) is 5.92 Å². The lowest BCUT2D eigenvalue weighted by atomic mass is 9.98. The van der Waals surface area contributed by atoms with Crippen LogP contribution in [0.2, 0.25) is 0 Å². The number of carbonyl (C=O) groups excluding carboxylic acids is 2. The Morgan fingerprint density at radius 2 is 1.88 bits per heavy atom. The molecule has 2 rings (SSSR count). The van der Waals surface area contributed by atoms with Gasteiger partial charge in [-0.05, 0) is 32.1 Å². The summed E-state index contributed by atoms with van der Waals surface area (Å²) in [4.78, 5) is 39.1. The predicted octanol–water partition coefficient (Wildman–Crippen LogP) is 1.51. The fourth-order valence-corrected chi connectivity index (χ4v) is 3.62. The van der Waals surface area contributed by atoms with Gasteiger partial charge in [0.2, 0.25) is 5.91 Å². The molecule has 1 heterocycles. The highest BCUT2D eigenvalue weighted by Crippen LogP contribution is 2.23. The molecule has 0 radical (unpaired) electrons. The standard InChI is InChI=1S/C18H30N2O5/c1-3-15(25-14-8-4-5-9-14)17(22)19(2)12-16(21)20-10-6-7-13(11-20)18(23)24/h13-15H,3-12H2,1-2H3,(H,23,24). The van der Waals surface area contributed by atoms with Crippen LogP contribution in [0, 0.1) is 5.92 Å². The molecule has 1 aliphatic carbocycles. The Morgan fingerprint density at radius 3 is 2.48 bits per heavy atom. The van der Waals surface area contributed by atoms with Gasteiger partial charge in [-0.3, -0.25) is 14.4 Å². The molecule has 0 spiro atoms. The van der Waals surface area contributed by atoms with E-state index < -0.39 is 18.0 Å². The quantitative estimate of drug-likeness (QED) is 0.749. The average Bonchev–Trinajstić information content (AvgIpc) is 3.12. The SMILES string of the molecule is CCC(OC1CCCC1)C(=O)N(C)CC(=O)N1CCCC(C(=O)O)C1. The molecule has 1 N–H and O–H groups in total. The number of carboxylic acid groups (broad SMARTS) is 1. The molecule has 2 atom stereocenters. The fourth-order valence-electron chi connectivity index (χ4n) is 3.62. The van der Waals surface area contributed by atoms with E-state index in [-0.39, 0.29) is 31.0 Å². The second-order valence-electron chi connectivity index (χ2n) is 7.15. The van der Waals surface area contributed by atoms with Crippen molar-refractivity contribution in [3.05, 3.63) is 0 Å². The molecule has 2 amide bonds. The van der Waals surface area contributed by atoms with E-state index in [9.17, 15) is 14.4 Å². The van der Waals surface area contributed by atoms with E-state index in [0.29, 0.717) is 25.8 Å². The maximum absolute atomic E-state index is 12.6. The molecule has 1 saturated carbocycles. The first kappa shape index (κ1) is 19.7. The highest BCUT2D eigenvalue weighted by molar-refractivity contribution is 5.87. The third-order valence-electron chi connectivity index (χ3n) is 5.18. The number of likely N-dealkylation sites (N-methyl/N-ethyl adjacent to an activating group) is 1. The lowest BCUT2D eigenvalue weighted by Gasteiger charge is -2.32. The second-order valence-corrected chi connectivity index (χ2v) is 7.15. The number of carboxylic acids is 1. The first-order valence-electron chi connectivity index (χ1n) is 9.33. The van der Waals surface area contributed by atoms with Crippen LogP contribution in [0.3, 0.4) is 0 Å². The Morgan fingerprint density at radius 1 is 1.20 bits per heavy atom. The number of ether oxygens (including phenoxy) is 1. The van der Waals surface area contributed by atoms with Crippen molar-refractivity contribution in [2.45, 2.75) is 64.1 Å². The molecule has 25 heavy (non-hydrogen) atoms. The third-order valence-corrected chi connectivity index (χ3v) is 5.18. The van der Waals surface area contributed by atoms with Gasteiger partial charge in [-0.15, -0.1) is 0 Å². The predicted molar refractivity (Wildman–Crippen MR) is 92.0 cm³/mol. The Kier molecular flexibility index (Phi) is 7.23. The smallest absolute Gasteiger partial charge is 0.308 e. The van der Waals surface area contributed by atoms with E-state index >= 15 is 0 Å². The van der Waals surface area contributed by atoms with E-state index in [1.165, 1.54) is 4.90 Å². The minimum Gasteiger partial charge on any atom is -0.481 e. The van der Waals surface area contributed by atoms with E-state index in [1.807, 2.05) is 6.92 Å². The first-order chi connectivity index (χ1) is 11.9. The average molecular weight is 354 g/mol. The molecule has 1 saturated heterocycles. The van der Waals surface area contributed by atoms with Crippen LogP contribution in [0.5, 0.6) is 0 Å². The number of rotatable bonds is 7. The van der Waals surface area contributed by atoms with Gasteiger partial charge in [0.05, 0.1) is 18.6 Å². The van der Waals surface area contributed by atoms with E-state index in [0.717, 1.165) is 25.7 Å². The van der Waals surface area contributed by atoms with Gasteiger partial charge in [0.25, 0.3) is 5.91 Å². The normalized spacial score (nSPS) is 22.6. The van der Waals surface area contributed by atoms with E-state index in [2.05, 4.69) is 0 Å². The van der Waals surface area contributed by atoms with Gasteiger partial charge in [-0.25, -0.2) is 0 Å². The summed E-state index contributed by atoms with van der Waals surface area (Å²) in [7, 11) is 1.61. The molecule has 2 fully saturated rings. The highest BCUT2D eigenvalue weighted by atomic mass is 16.5. The van der Waals surface area contributed by atoms with Crippen molar-refractivity contribution in [3.63, 3.8) is 0 Å². The molecular weight excluding hydrogens is 324 g/mol. The second kappa shape index (κ2) is 9.17. The van der Waals surface area contributed by atoms with Gasteiger partial charge in [-0.2, -0.15) is 0 Å². The molecule has 142 valence electrons. The number of amides is 2. The Hall–Kier alpha value is -1.63. The van der Waals surface area contributed by atoms with Crippen molar-refractivity contribution in [3.8, 4) is 0 Å². The minimum absolute atomic E-state index is 0.0320. The van der Waals surface area contributed by atoms with Crippen LogP contribution in [0.1, 0.15) is 51.9 Å². The fraction of sp³-hybridized carbons (Fsp3) is 0.833. The van der Waals surface area contributed by atoms with E-state index in [4.69, 9.17) is 9.84 Å². The molecule has 0 bridgehead atoms. The Bertz CT molecular complexity index is 490. The van der Waals surface area contributed by atoms with Gasteiger partial charge < -0.3 is 19.6 Å². The zero-order chi connectivity index (χ0) is 18.4. The third kappa shape index (κ3) is 5.42. The molecule has 7 heteroatoms. The largest absolute Gasteiger partial charge is 0.481 e. The summed E-state index contributed by atoms with van der Waals surface area (Å²) in [5, 5.41) is 9.13. The molecule has 0 aromatic rings. The first-order valence-corrected chi connectivity index (χ1v) is 9.33. The number of aliphatic carboxylic acids is 1. The van der Waals surface area contributed by atoms with Crippen molar-refractivity contribution >= 4 is 17.8 Å². The van der Waals surface area contributed by atoms with Crippen LogP contribution >= 0.6 is 0 Å². The summed E-state index contributed by atoms with van der Waals surface area (Å²) in [6, 6.07) is 0.